The zero-order valence-electron chi connectivity index (χ0n) is 25.6. The molecule has 7 rings (SSSR count). The fraction of sp³-hybridized carbons (Fsp3) is 0. The third-order valence-electron chi connectivity index (χ3n) is 7.97. The number of nitrogens with zero attached hydrogens (tertiary/aromatic N) is 6. The van der Waals surface area contributed by atoms with Gasteiger partial charge in [-0.2, -0.15) is 10.5 Å². The van der Waals surface area contributed by atoms with Crippen molar-refractivity contribution in [3.63, 3.8) is 0 Å². The molecule has 12 heteroatoms. The predicted octanol–water partition coefficient (Wildman–Crippen LogP) is 5.98. The monoisotopic (exact) mass is 664 g/mol. The number of nitriles is 2. The van der Waals surface area contributed by atoms with Gasteiger partial charge in [-0.15, -0.1) is 0 Å². The van der Waals surface area contributed by atoms with E-state index in [2.05, 4.69) is 0 Å². The lowest BCUT2D eigenvalue weighted by atomic mass is 10.00. The number of aromatic nitrogens is 4. The lowest BCUT2D eigenvalue weighted by Gasteiger charge is -2.15. The molecule has 0 bridgehead atoms. The van der Waals surface area contributed by atoms with Crippen molar-refractivity contribution in [1.29, 1.82) is 10.5 Å². The van der Waals surface area contributed by atoms with Gasteiger partial charge in [-0.3, -0.25) is 0 Å². The molecular formula is C38H20F4N8. The molecule has 7 aromatic rings. The lowest BCUT2D eigenvalue weighted by Crippen LogP contribution is -2.28. The third kappa shape index (κ3) is 5.47. The summed E-state index contributed by atoms with van der Waals surface area (Å²) in [6.45, 7) is 0. The van der Waals surface area contributed by atoms with Crippen LogP contribution in [0.5, 0.6) is 0 Å². The third-order valence-corrected chi connectivity index (χ3v) is 7.97. The molecule has 0 radical (unpaired) electrons. The van der Waals surface area contributed by atoms with Crippen molar-refractivity contribution < 1.29 is 17.6 Å². The second kappa shape index (κ2) is 12.4. The Morgan fingerprint density at radius 1 is 0.420 bits per heavy atom. The van der Waals surface area contributed by atoms with Gasteiger partial charge in [0.25, 0.3) is 0 Å². The van der Waals surface area contributed by atoms with Gasteiger partial charge in [0.2, 0.25) is 0 Å². The van der Waals surface area contributed by atoms with Crippen LogP contribution < -0.4 is 21.9 Å². The van der Waals surface area contributed by atoms with Crippen LogP contribution in [0.1, 0.15) is 0 Å². The number of benzene rings is 5. The van der Waals surface area contributed by atoms with Gasteiger partial charge in [-0.1, -0.05) is 0 Å². The Labute approximate surface area is 280 Å². The van der Waals surface area contributed by atoms with Crippen LogP contribution in [0.4, 0.5) is 17.6 Å². The number of rotatable bonds is 4. The Morgan fingerprint density at radius 2 is 0.660 bits per heavy atom. The van der Waals surface area contributed by atoms with Gasteiger partial charge in [-0.05, 0) is 97.1 Å². The average molecular weight is 665 g/mol. The average Bonchev–Trinajstić information content (AvgIpc) is 3.12. The maximum absolute atomic E-state index is 14.0. The summed E-state index contributed by atoms with van der Waals surface area (Å²) in [7, 11) is 0. The van der Waals surface area contributed by atoms with E-state index in [0.29, 0.717) is 22.3 Å². The van der Waals surface area contributed by atoms with Crippen LogP contribution in [0.15, 0.2) is 97.1 Å². The molecule has 0 unspecified atom stereocenters. The molecule has 0 saturated heterocycles. The smallest absolute Gasteiger partial charge is 0.141 e. The first-order valence-corrected chi connectivity index (χ1v) is 14.9. The summed E-state index contributed by atoms with van der Waals surface area (Å²) in [4.78, 5) is 19.6. The molecule has 0 fully saturated rings. The first-order valence-electron chi connectivity index (χ1n) is 14.9. The molecule has 240 valence electrons. The van der Waals surface area contributed by atoms with Crippen molar-refractivity contribution in [3.8, 4) is 57.2 Å². The molecule has 0 saturated carbocycles. The zero-order valence-corrected chi connectivity index (χ0v) is 25.6. The van der Waals surface area contributed by atoms with E-state index in [1.807, 2.05) is 12.1 Å². The topological polar surface area (TPSA) is 151 Å². The van der Waals surface area contributed by atoms with Crippen LogP contribution in [0.3, 0.4) is 0 Å². The summed E-state index contributed by atoms with van der Waals surface area (Å²) in [5.41, 5.74) is 14.9. The maximum Gasteiger partial charge on any atom is 0.141 e. The lowest BCUT2D eigenvalue weighted by molar-refractivity contribution is 0.627. The second-order valence-corrected chi connectivity index (χ2v) is 11.1. The summed E-state index contributed by atoms with van der Waals surface area (Å²) in [6.07, 6.45) is 0. The number of nitrogens with two attached hydrogens (primary N) is 2. The molecule has 2 heterocycles. The van der Waals surface area contributed by atoms with E-state index in [1.165, 1.54) is 97.1 Å². The van der Waals surface area contributed by atoms with E-state index >= 15 is 0 Å². The summed E-state index contributed by atoms with van der Waals surface area (Å²) < 4.78 is 56.1. The summed E-state index contributed by atoms with van der Waals surface area (Å²) in [5.74, 6) is -2.26. The minimum Gasteiger partial charge on any atom is -0.385 e. The van der Waals surface area contributed by atoms with E-state index in [0.717, 1.165) is 0 Å². The van der Waals surface area contributed by atoms with E-state index in [4.69, 9.17) is 31.4 Å². The SMILES string of the molecule is N#CC(C#N)=c1c2nc(-c3ccc(F)cc3)c(-c3ccc(F)cc3)nc2c(=C(N)N)c2nc(-c3ccc(F)cc3)c(-c3ccc(F)cc3)nc12. The standard InChI is InChI=1S/C38H20F4N8/c39-24-9-1-19(2-10-24)30-32(21-5-13-26(41)14-6-21)49-36-29(38(45)46)37-35(28(34(36)47-30)23(17-43)18-44)48-31(20-3-11-25(40)12-4-20)33(50-37)22-7-15-27(42)16-8-22/h1-16H,45-46H2. The number of fused-ring (bicyclic) bond motifs is 2. The molecule has 0 aliphatic heterocycles. The fourth-order valence-electron chi connectivity index (χ4n) is 5.68. The van der Waals surface area contributed by atoms with Crippen molar-refractivity contribution >= 4 is 33.5 Å². The Hall–Kier alpha value is -7.18. The van der Waals surface area contributed by atoms with Crippen LogP contribution >= 0.6 is 0 Å². The number of hydrogen-bond acceptors (Lipinski definition) is 8. The molecule has 4 N–H and O–H groups in total. The van der Waals surface area contributed by atoms with E-state index in [-0.39, 0.29) is 61.1 Å². The summed E-state index contributed by atoms with van der Waals surface area (Å²) >= 11 is 0. The first kappa shape index (κ1) is 31.4. The molecule has 0 amide bonds. The fourth-order valence-corrected chi connectivity index (χ4v) is 5.68. The maximum atomic E-state index is 14.0. The molecule has 0 spiro atoms. The van der Waals surface area contributed by atoms with Gasteiger partial charge in [0.05, 0.1) is 33.2 Å². The van der Waals surface area contributed by atoms with E-state index in [9.17, 15) is 28.1 Å². The Kier molecular flexibility index (Phi) is 7.82. The molecule has 2 aromatic heterocycles. The van der Waals surface area contributed by atoms with Crippen LogP contribution in [-0.4, -0.2) is 19.9 Å². The normalized spacial score (nSPS) is 10.9. The quantitative estimate of drug-likeness (QED) is 0.172. The van der Waals surface area contributed by atoms with Gasteiger partial charge in [0, 0.05) is 22.3 Å². The van der Waals surface area contributed by atoms with Crippen molar-refractivity contribution in [3.05, 3.63) is 131 Å². The van der Waals surface area contributed by atoms with Gasteiger partial charge in [0.15, 0.2) is 0 Å². The second-order valence-electron chi connectivity index (χ2n) is 11.1. The zero-order chi connectivity index (χ0) is 35.1. The highest BCUT2D eigenvalue weighted by Gasteiger charge is 2.23. The molecular weight excluding hydrogens is 644 g/mol. The van der Waals surface area contributed by atoms with E-state index < -0.39 is 28.8 Å². The highest BCUT2D eigenvalue weighted by Crippen LogP contribution is 2.33. The summed E-state index contributed by atoms with van der Waals surface area (Å²) in [5, 5.41) is 20.4. The number of hydrogen-bond donors (Lipinski definition) is 2. The molecule has 8 nitrogen and oxygen atoms in total. The van der Waals surface area contributed by atoms with E-state index in [1.54, 1.807) is 0 Å². The number of halogens is 4. The predicted molar refractivity (Wildman–Crippen MR) is 180 cm³/mol. The van der Waals surface area contributed by atoms with Crippen LogP contribution in [0.2, 0.25) is 0 Å². The highest BCUT2D eigenvalue weighted by atomic mass is 19.1. The van der Waals surface area contributed by atoms with Crippen LogP contribution in [-0.2, 0) is 0 Å². The Bertz CT molecular complexity index is 2520. The van der Waals surface area contributed by atoms with Crippen molar-refractivity contribution in [1.82, 2.24) is 19.9 Å². The largest absolute Gasteiger partial charge is 0.385 e. The summed E-state index contributed by atoms with van der Waals surface area (Å²) in [6, 6.07) is 25.5. The molecule has 0 aliphatic carbocycles. The first-order chi connectivity index (χ1) is 24.2. The van der Waals surface area contributed by atoms with Gasteiger partial charge in [0.1, 0.15) is 68.9 Å². The van der Waals surface area contributed by atoms with Crippen molar-refractivity contribution in [2.75, 3.05) is 0 Å². The van der Waals surface area contributed by atoms with Gasteiger partial charge >= 0.3 is 0 Å². The Morgan fingerprint density at radius 3 is 0.880 bits per heavy atom. The molecule has 50 heavy (non-hydrogen) atoms. The Balaban J connectivity index is 1.74. The minimum absolute atomic E-state index is 0.00178. The van der Waals surface area contributed by atoms with Gasteiger partial charge < -0.3 is 11.5 Å². The van der Waals surface area contributed by atoms with Crippen LogP contribution in [0, 0.1) is 45.9 Å². The van der Waals surface area contributed by atoms with Crippen molar-refractivity contribution in [2.24, 2.45) is 11.5 Å². The molecule has 0 atom stereocenters. The highest BCUT2D eigenvalue weighted by molar-refractivity contribution is 6.01. The van der Waals surface area contributed by atoms with Crippen molar-refractivity contribution in [2.45, 2.75) is 0 Å². The minimum atomic E-state index is -0.504. The molecule has 5 aromatic carbocycles. The van der Waals surface area contributed by atoms with Crippen LogP contribution in [0.25, 0.3) is 78.5 Å². The van der Waals surface area contributed by atoms with Gasteiger partial charge in [-0.25, -0.2) is 37.5 Å². The molecule has 0 aliphatic rings.